The van der Waals surface area contributed by atoms with Crippen molar-refractivity contribution in [1.82, 2.24) is 14.7 Å². The first-order chi connectivity index (χ1) is 8.74. The molecule has 18 heavy (non-hydrogen) atoms. The average Bonchev–Trinajstić information content (AvgIpc) is 2.40. The first-order valence-corrected chi connectivity index (χ1v) is 6.45. The van der Waals surface area contributed by atoms with E-state index in [0.717, 1.165) is 18.5 Å². The van der Waals surface area contributed by atoms with E-state index in [4.69, 9.17) is 0 Å². The van der Waals surface area contributed by atoms with Crippen LogP contribution in [-0.2, 0) is 6.54 Å². The summed E-state index contributed by atoms with van der Waals surface area (Å²) in [6.45, 7) is 4.96. The van der Waals surface area contributed by atoms with Crippen molar-refractivity contribution in [2.45, 2.75) is 39.3 Å². The summed E-state index contributed by atoms with van der Waals surface area (Å²) in [5.41, 5.74) is 1.48. The molecular formula is C14H19N3O. The number of nitrogens with zero attached hydrogens (tertiary/aromatic N) is 2. The molecule has 0 aliphatic heterocycles. The van der Waals surface area contributed by atoms with Crippen LogP contribution in [0.4, 0.5) is 0 Å². The number of aromatic nitrogens is 2. The van der Waals surface area contributed by atoms with Crippen LogP contribution in [0, 0.1) is 0 Å². The zero-order chi connectivity index (χ0) is 13.0. The van der Waals surface area contributed by atoms with Gasteiger partial charge in [0, 0.05) is 24.8 Å². The number of pyridine rings is 1. The van der Waals surface area contributed by atoms with Gasteiger partial charge in [-0.2, -0.15) is 0 Å². The van der Waals surface area contributed by atoms with Gasteiger partial charge < -0.3 is 5.32 Å². The van der Waals surface area contributed by atoms with Gasteiger partial charge in [0.2, 0.25) is 0 Å². The minimum Gasteiger partial charge on any atom is -0.308 e. The molecule has 0 spiro atoms. The van der Waals surface area contributed by atoms with E-state index in [1.807, 2.05) is 18.2 Å². The van der Waals surface area contributed by atoms with Crippen LogP contribution in [0.2, 0.25) is 0 Å². The van der Waals surface area contributed by atoms with Gasteiger partial charge in [0.25, 0.3) is 5.56 Å². The van der Waals surface area contributed by atoms with Gasteiger partial charge in [-0.05, 0) is 25.0 Å². The van der Waals surface area contributed by atoms with Crippen molar-refractivity contribution in [2.75, 3.05) is 0 Å². The molecule has 2 aromatic rings. The molecule has 0 aromatic carbocycles. The SMILES string of the molecule is CCC(CC)NCc1cc(=O)n2ccccc2n1. The fraction of sp³-hybridized carbons (Fsp3) is 0.429. The predicted molar refractivity (Wildman–Crippen MR) is 72.7 cm³/mol. The molecule has 0 saturated carbocycles. The molecule has 0 amide bonds. The molecule has 2 heterocycles. The Balaban J connectivity index is 2.22. The Morgan fingerprint density at radius 3 is 2.83 bits per heavy atom. The predicted octanol–water partition coefficient (Wildman–Crippen LogP) is 1.97. The van der Waals surface area contributed by atoms with Crippen molar-refractivity contribution >= 4 is 5.65 Å². The van der Waals surface area contributed by atoms with Crippen LogP contribution in [0.1, 0.15) is 32.4 Å². The highest BCUT2D eigenvalue weighted by molar-refractivity contribution is 5.37. The van der Waals surface area contributed by atoms with E-state index >= 15 is 0 Å². The van der Waals surface area contributed by atoms with Gasteiger partial charge >= 0.3 is 0 Å². The van der Waals surface area contributed by atoms with Crippen molar-refractivity contribution in [3.05, 3.63) is 46.5 Å². The number of hydrogen-bond acceptors (Lipinski definition) is 3. The van der Waals surface area contributed by atoms with Gasteiger partial charge in [-0.3, -0.25) is 9.20 Å². The Bertz CT molecular complexity index is 573. The molecule has 0 radical (unpaired) electrons. The molecule has 0 fully saturated rings. The maximum absolute atomic E-state index is 11.9. The van der Waals surface area contributed by atoms with Gasteiger partial charge in [0.15, 0.2) is 0 Å². The van der Waals surface area contributed by atoms with E-state index in [-0.39, 0.29) is 5.56 Å². The quantitative estimate of drug-likeness (QED) is 0.876. The molecule has 0 aliphatic rings. The lowest BCUT2D eigenvalue weighted by atomic mass is 10.2. The summed E-state index contributed by atoms with van der Waals surface area (Å²) in [6, 6.07) is 7.66. The molecule has 4 heteroatoms. The van der Waals surface area contributed by atoms with E-state index in [0.29, 0.717) is 18.2 Å². The Kier molecular flexibility index (Phi) is 4.10. The third-order valence-electron chi connectivity index (χ3n) is 3.18. The molecule has 0 bridgehead atoms. The molecule has 2 rings (SSSR count). The fourth-order valence-corrected chi connectivity index (χ4v) is 2.02. The second kappa shape index (κ2) is 5.78. The topological polar surface area (TPSA) is 46.4 Å². The Morgan fingerprint density at radius 1 is 1.33 bits per heavy atom. The van der Waals surface area contributed by atoms with Crippen LogP contribution >= 0.6 is 0 Å². The second-order valence-electron chi connectivity index (χ2n) is 4.41. The highest BCUT2D eigenvalue weighted by atomic mass is 16.1. The lowest BCUT2D eigenvalue weighted by Crippen LogP contribution is -2.28. The van der Waals surface area contributed by atoms with E-state index in [9.17, 15) is 4.79 Å². The Labute approximate surface area is 107 Å². The highest BCUT2D eigenvalue weighted by Crippen LogP contribution is 2.01. The molecule has 0 unspecified atom stereocenters. The summed E-state index contributed by atoms with van der Waals surface area (Å²) in [7, 11) is 0. The summed E-state index contributed by atoms with van der Waals surface area (Å²) in [5.74, 6) is 0. The van der Waals surface area contributed by atoms with E-state index in [1.54, 1.807) is 16.7 Å². The smallest absolute Gasteiger partial charge is 0.258 e. The van der Waals surface area contributed by atoms with Crippen LogP contribution in [0.25, 0.3) is 5.65 Å². The highest BCUT2D eigenvalue weighted by Gasteiger charge is 2.05. The minimum atomic E-state index is -0.0260. The molecule has 4 nitrogen and oxygen atoms in total. The third-order valence-corrected chi connectivity index (χ3v) is 3.18. The summed E-state index contributed by atoms with van der Waals surface area (Å²) < 4.78 is 1.56. The molecule has 0 saturated heterocycles. The summed E-state index contributed by atoms with van der Waals surface area (Å²) in [6.07, 6.45) is 3.91. The van der Waals surface area contributed by atoms with Crippen LogP contribution in [0.15, 0.2) is 35.3 Å². The van der Waals surface area contributed by atoms with E-state index in [1.165, 1.54) is 0 Å². The number of fused-ring (bicyclic) bond motifs is 1. The van der Waals surface area contributed by atoms with Gasteiger partial charge in [0.1, 0.15) is 5.65 Å². The zero-order valence-electron chi connectivity index (χ0n) is 10.9. The van der Waals surface area contributed by atoms with Crippen molar-refractivity contribution in [3.8, 4) is 0 Å². The monoisotopic (exact) mass is 245 g/mol. The van der Waals surface area contributed by atoms with Crippen molar-refractivity contribution in [1.29, 1.82) is 0 Å². The largest absolute Gasteiger partial charge is 0.308 e. The normalized spacial score (nSPS) is 11.3. The standard InChI is InChI=1S/C14H19N3O/c1-3-11(4-2)15-10-12-9-14(18)17-8-6-5-7-13(17)16-12/h5-9,11,15H,3-4,10H2,1-2H3. The summed E-state index contributed by atoms with van der Waals surface area (Å²) in [5, 5.41) is 3.42. The molecule has 0 atom stereocenters. The maximum Gasteiger partial charge on any atom is 0.258 e. The second-order valence-corrected chi connectivity index (χ2v) is 4.41. The first-order valence-electron chi connectivity index (χ1n) is 6.45. The van der Waals surface area contributed by atoms with Crippen molar-refractivity contribution in [3.63, 3.8) is 0 Å². The van der Waals surface area contributed by atoms with Gasteiger partial charge in [-0.25, -0.2) is 4.98 Å². The Morgan fingerprint density at radius 2 is 2.11 bits per heavy atom. The molecule has 96 valence electrons. The molecule has 1 N–H and O–H groups in total. The first kappa shape index (κ1) is 12.8. The molecule has 0 aliphatic carbocycles. The fourth-order valence-electron chi connectivity index (χ4n) is 2.02. The average molecular weight is 245 g/mol. The Hall–Kier alpha value is -1.68. The van der Waals surface area contributed by atoms with Gasteiger partial charge in [-0.15, -0.1) is 0 Å². The number of rotatable bonds is 5. The van der Waals surface area contributed by atoms with E-state index in [2.05, 4.69) is 24.1 Å². The van der Waals surface area contributed by atoms with Crippen molar-refractivity contribution in [2.24, 2.45) is 0 Å². The van der Waals surface area contributed by atoms with Gasteiger partial charge in [-0.1, -0.05) is 19.9 Å². The molecule has 2 aromatic heterocycles. The number of nitrogens with one attached hydrogen (secondary N) is 1. The third kappa shape index (κ3) is 2.76. The number of hydrogen-bond donors (Lipinski definition) is 1. The lowest BCUT2D eigenvalue weighted by molar-refractivity contribution is 0.480. The minimum absolute atomic E-state index is 0.0260. The van der Waals surface area contributed by atoms with Crippen molar-refractivity contribution < 1.29 is 0 Å². The molecular weight excluding hydrogens is 226 g/mol. The maximum atomic E-state index is 11.9. The van der Waals surface area contributed by atoms with Gasteiger partial charge in [0.05, 0.1) is 5.69 Å². The lowest BCUT2D eigenvalue weighted by Gasteiger charge is -2.14. The van der Waals surface area contributed by atoms with Crippen LogP contribution in [-0.4, -0.2) is 15.4 Å². The van der Waals surface area contributed by atoms with Crippen LogP contribution in [0.5, 0.6) is 0 Å². The summed E-state index contributed by atoms with van der Waals surface area (Å²) >= 11 is 0. The zero-order valence-corrected chi connectivity index (χ0v) is 10.9. The van der Waals surface area contributed by atoms with Crippen LogP contribution in [0.3, 0.4) is 0 Å². The summed E-state index contributed by atoms with van der Waals surface area (Å²) in [4.78, 5) is 16.4. The van der Waals surface area contributed by atoms with E-state index < -0.39 is 0 Å². The van der Waals surface area contributed by atoms with Crippen LogP contribution < -0.4 is 10.9 Å².